The topological polar surface area (TPSA) is 32.6 Å². The molecular weight excluding hydrogens is 230 g/mol. The Bertz CT molecular complexity index is 282. The van der Waals surface area contributed by atoms with Crippen LogP contribution in [0.4, 0.5) is 0 Å². The molecule has 96 valence electrons. The molecule has 2 rings (SSSR count). The van der Waals surface area contributed by atoms with E-state index in [1.54, 1.807) is 0 Å². The summed E-state index contributed by atoms with van der Waals surface area (Å²) in [7, 11) is 0. The van der Waals surface area contributed by atoms with Crippen LogP contribution in [0, 0.1) is 0 Å². The summed E-state index contributed by atoms with van der Waals surface area (Å²) in [6.07, 6.45) is 15.6. The first-order chi connectivity index (χ1) is 8.40. The molecule has 0 spiro atoms. The van der Waals surface area contributed by atoms with Gasteiger partial charge < -0.3 is 5.21 Å². The van der Waals surface area contributed by atoms with Gasteiger partial charge in [-0.15, -0.1) is 11.8 Å². The maximum Gasteiger partial charge on any atom is 0.0703 e. The van der Waals surface area contributed by atoms with Crippen LogP contribution in [0.2, 0.25) is 0 Å². The van der Waals surface area contributed by atoms with Crippen molar-refractivity contribution in [1.29, 1.82) is 0 Å². The van der Waals surface area contributed by atoms with E-state index < -0.39 is 0 Å². The van der Waals surface area contributed by atoms with Crippen LogP contribution >= 0.6 is 11.8 Å². The van der Waals surface area contributed by atoms with Crippen LogP contribution in [-0.2, 0) is 0 Å². The second kappa shape index (κ2) is 7.10. The van der Waals surface area contributed by atoms with Gasteiger partial charge in [0.2, 0.25) is 0 Å². The fourth-order valence-electron chi connectivity index (χ4n) is 2.74. The lowest BCUT2D eigenvalue weighted by molar-refractivity contribution is 0.316. The van der Waals surface area contributed by atoms with Crippen LogP contribution < -0.4 is 0 Å². The quantitative estimate of drug-likeness (QED) is 0.450. The predicted octanol–water partition coefficient (Wildman–Crippen LogP) is 4.38. The molecule has 1 unspecified atom stereocenters. The third-order valence-electron chi connectivity index (χ3n) is 3.74. The van der Waals surface area contributed by atoms with Gasteiger partial charge in [0, 0.05) is 10.5 Å². The fourth-order valence-corrected chi connectivity index (χ4v) is 4.40. The van der Waals surface area contributed by atoms with Gasteiger partial charge in [0.25, 0.3) is 0 Å². The first-order valence-electron chi connectivity index (χ1n) is 6.91. The average molecular weight is 253 g/mol. The first kappa shape index (κ1) is 13.0. The number of hydrogen-bond acceptors (Lipinski definition) is 3. The summed E-state index contributed by atoms with van der Waals surface area (Å²) in [6, 6.07) is 0. The molecule has 0 aromatic heterocycles. The Balaban J connectivity index is 1.92. The molecule has 0 bridgehead atoms. The highest BCUT2D eigenvalue weighted by Crippen LogP contribution is 2.34. The van der Waals surface area contributed by atoms with Crippen molar-refractivity contribution in [3.63, 3.8) is 0 Å². The molecule has 0 aromatic carbocycles. The maximum absolute atomic E-state index is 9.16. The molecule has 0 heterocycles. The zero-order valence-corrected chi connectivity index (χ0v) is 11.3. The van der Waals surface area contributed by atoms with Crippen molar-refractivity contribution >= 4 is 17.5 Å². The van der Waals surface area contributed by atoms with E-state index in [0.717, 1.165) is 36.6 Å². The van der Waals surface area contributed by atoms with Gasteiger partial charge in [0.05, 0.1) is 5.71 Å². The minimum atomic E-state index is 0.452. The molecule has 1 N–H and O–H groups in total. The van der Waals surface area contributed by atoms with Gasteiger partial charge in [-0.1, -0.05) is 36.6 Å². The summed E-state index contributed by atoms with van der Waals surface area (Å²) in [5, 5.41) is 14.0. The van der Waals surface area contributed by atoms with Crippen LogP contribution in [0.5, 0.6) is 0 Å². The van der Waals surface area contributed by atoms with E-state index in [4.69, 9.17) is 5.21 Å². The van der Waals surface area contributed by atoms with E-state index >= 15 is 0 Å². The zero-order valence-electron chi connectivity index (χ0n) is 10.5. The summed E-state index contributed by atoms with van der Waals surface area (Å²) in [5.41, 5.74) is 1.02. The van der Waals surface area contributed by atoms with Crippen LogP contribution in [0.1, 0.15) is 57.8 Å². The highest BCUT2D eigenvalue weighted by molar-refractivity contribution is 8.01. The van der Waals surface area contributed by atoms with E-state index in [0.29, 0.717) is 5.25 Å². The summed E-state index contributed by atoms with van der Waals surface area (Å²) in [4.78, 5) is 0. The molecule has 0 aliphatic heterocycles. The third kappa shape index (κ3) is 4.06. The van der Waals surface area contributed by atoms with Crippen molar-refractivity contribution in [2.45, 2.75) is 68.3 Å². The summed E-state index contributed by atoms with van der Waals surface area (Å²) >= 11 is 2.07. The van der Waals surface area contributed by atoms with Crippen molar-refractivity contribution in [3.05, 3.63) is 12.2 Å². The molecule has 1 atom stereocenters. The molecular formula is C14H23NOS. The maximum atomic E-state index is 9.16. The normalized spacial score (nSPS) is 30.1. The average Bonchev–Trinajstić information content (AvgIpc) is 2.34. The smallest absolute Gasteiger partial charge is 0.0703 e. The van der Waals surface area contributed by atoms with Gasteiger partial charge in [-0.3, -0.25) is 0 Å². The number of thioether (sulfide) groups is 1. The van der Waals surface area contributed by atoms with Gasteiger partial charge in [-0.05, 0) is 38.5 Å². The largest absolute Gasteiger partial charge is 0.411 e. The molecule has 2 nitrogen and oxygen atoms in total. The van der Waals surface area contributed by atoms with Gasteiger partial charge in [0.1, 0.15) is 0 Å². The SMILES string of the molecule is ON=C1CCC=CCCC1SC1CCCCC1. The summed E-state index contributed by atoms with van der Waals surface area (Å²) in [5.74, 6) is 0. The first-order valence-corrected chi connectivity index (χ1v) is 7.85. The van der Waals surface area contributed by atoms with E-state index in [1.807, 2.05) is 0 Å². The lowest BCUT2D eigenvalue weighted by Gasteiger charge is -2.27. The lowest BCUT2D eigenvalue weighted by atomic mass is 10.0. The lowest BCUT2D eigenvalue weighted by Crippen LogP contribution is -2.23. The van der Waals surface area contributed by atoms with Gasteiger partial charge in [-0.25, -0.2) is 0 Å². The van der Waals surface area contributed by atoms with Crippen LogP contribution in [0.15, 0.2) is 17.3 Å². The van der Waals surface area contributed by atoms with Crippen LogP contribution in [0.3, 0.4) is 0 Å². The van der Waals surface area contributed by atoms with Crippen molar-refractivity contribution in [2.24, 2.45) is 5.16 Å². The Morgan fingerprint density at radius 2 is 1.82 bits per heavy atom. The molecule has 0 radical (unpaired) electrons. The number of hydrogen-bond donors (Lipinski definition) is 1. The second-order valence-electron chi connectivity index (χ2n) is 5.06. The molecule has 2 aliphatic rings. The standard InChI is InChI=1S/C14H23NOS/c16-15-13-10-6-1-2-7-11-14(13)17-12-8-4-3-5-9-12/h1-2,12,14,16H,3-11H2. The van der Waals surface area contributed by atoms with Crippen LogP contribution in [0.25, 0.3) is 0 Å². The van der Waals surface area contributed by atoms with Crippen molar-refractivity contribution < 1.29 is 5.21 Å². The number of nitrogens with zero attached hydrogens (tertiary/aromatic N) is 1. The van der Waals surface area contributed by atoms with E-state index in [9.17, 15) is 0 Å². The molecule has 1 saturated carbocycles. The van der Waals surface area contributed by atoms with Gasteiger partial charge in [-0.2, -0.15) is 0 Å². The number of rotatable bonds is 2. The van der Waals surface area contributed by atoms with Crippen LogP contribution in [-0.4, -0.2) is 21.4 Å². The molecule has 0 saturated heterocycles. The Kier molecular flexibility index (Phi) is 5.43. The zero-order chi connectivity index (χ0) is 11.9. The summed E-state index contributed by atoms with van der Waals surface area (Å²) in [6.45, 7) is 0. The highest BCUT2D eigenvalue weighted by atomic mass is 32.2. The number of allylic oxidation sites excluding steroid dienone is 2. The van der Waals surface area contributed by atoms with E-state index in [-0.39, 0.29) is 0 Å². The highest BCUT2D eigenvalue weighted by Gasteiger charge is 2.23. The minimum absolute atomic E-state index is 0.452. The fraction of sp³-hybridized carbons (Fsp3) is 0.786. The molecule has 1 fully saturated rings. The molecule has 3 heteroatoms. The van der Waals surface area contributed by atoms with Crippen molar-refractivity contribution in [1.82, 2.24) is 0 Å². The Morgan fingerprint density at radius 3 is 2.59 bits per heavy atom. The van der Waals surface area contributed by atoms with Gasteiger partial charge in [0.15, 0.2) is 0 Å². The van der Waals surface area contributed by atoms with Crippen molar-refractivity contribution in [3.8, 4) is 0 Å². The van der Waals surface area contributed by atoms with Gasteiger partial charge >= 0.3 is 0 Å². The predicted molar refractivity (Wildman–Crippen MR) is 75.1 cm³/mol. The van der Waals surface area contributed by atoms with E-state index in [1.165, 1.54) is 32.1 Å². The summed E-state index contributed by atoms with van der Waals surface area (Å²) < 4.78 is 0. The van der Waals surface area contributed by atoms with E-state index in [2.05, 4.69) is 29.1 Å². The third-order valence-corrected chi connectivity index (χ3v) is 5.43. The Labute approximate surface area is 109 Å². The monoisotopic (exact) mass is 253 g/mol. The Hall–Kier alpha value is -0.440. The van der Waals surface area contributed by atoms with Crippen molar-refractivity contribution in [2.75, 3.05) is 0 Å². The minimum Gasteiger partial charge on any atom is -0.411 e. The number of oxime groups is 1. The molecule has 0 aromatic rings. The Morgan fingerprint density at radius 1 is 1.06 bits per heavy atom. The molecule has 2 aliphatic carbocycles. The molecule has 17 heavy (non-hydrogen) atoms. The molecule has 0 amide bonds. The second-order valence-corrected chi connectivity index (χ2v) is 6.57.